The molecule has 0 aromatic carbocycles. The molecule has 0 saturated carbocycles. The van der Waals surface area contributed by atoms with Gasteiger partial charge in [-0.2, -0.15) is 5.10 Å². The average molecular weight is 309 g/mol. The summed E-state index contributed by atoms with van der Waals surface area (Å²) in [6.07, 6.45) is 1.92. The normalized spacial score (nSPS) is 22.1. The third-order valence-electron chi connectivity index (χ3n) is 3.17. The maximum Gasteiger partial charge on any atom is 0.288 e. The van der Waals surface area contributed by atoms with Crippen LogP contribution in [-0.2, 0) is 16.1 Å². The maximum atomic E-state index is 12.0. The fourth-order valence-corrected chi connectivity index (χ4v) is 2.65. The second kappa shape index (κ2) is 6.74. The van der Waals surface area contributed by atoms with Crippen LogP contribution in [0.2, 0.25) is 0 Å². The number of nitrogens with one attached hydrogen (secondary N) is 2. The van der Waals surface area contributed by atoms with Gasteiger partial charge in [0, 0.05) is 12.0 Å². The van der Waals surface area contributed by atoms with E-state index in [1.54, 1.807) is 5.51 Å². The van der Waals surface area contributed by atoms with Crippen LogP contribution in [0.3, 0.4) is 0 Å². The zero-order valence-corrected chi connectivity index (χ0v) is 12.0. The molecule has 3 rings (SSSR count). The molecule has 0 unspecified atom stereocenters. The van der Waals surface area contributed by atoms with Crippen LogP contribution in [0.4, 0.5) is 0 Å². The van der Waals surface area contributed by atoms with Gasteiger partial charge in [0.15, 0.2) is 0 Å². The number of amides is 1. The predicted molar refractivity (Wildman–Crippen MR) is 73.8 cm³/mol. The van der Waals surface area contributed by atoms with Gasteiger partial charge in [-0.3, -0.25) is 9.89 Å². The Balaban J connectivity index is 1.57. The van der Waals surface area contributed by atoms with E-state index in [-0.39, 0.29) is 23.9 Å². The summed E-state index contributed by atoms with van der Waals surface area (Å²) in [5.41, 5.74) is 2.66. The predicted octanol–water partition coefficient (Wildman–Crippen LogP) is 0.365. The SMILES string of the molecule is O=C(N[C@@H]1COCC[C@@H]1OCc1cscn1)c1ncn[nH]1. The Bertz CT molecular complexity index is 559. The minimum Gasteiger partial charge on any atom is -0.379 e. The molecule has 2 aromatic rings. The van der Waals surface area contributed by atoms with Crippen molar-refractivity contribution in [2.45, 2.75) is 25.2 Å². The van der Waals surface area contributed by atoms with Crippen LogP contribution in [0.25, 0.3) is 0 Å². The highest BCUT2D eigenvalue weighted by atomic mass is 32.1. The summed E-state index contributed by atoms with van der Waals surface area (Å²) >= 11 is 1.53. The van der Waals surface area contributed by atoms with E-state index in [4.69, 9.17) is 9.47 Å². The number of thiazole rings is 1. The van der Waals surface area contributed by atoms with Crippen molar-refractivity contribution in [2.75, 3.05) is 13.2 Å². The Labute approximate surface area is 124 Å². The van der Waals surface area contributed by atoms with Crippen LogP contribution in [0, 0.1) is 0 Å². The van der Waals surface area contributed by atoms with E-state index < -0.39 is 0 Å². The number of rotatable bonds is 5. The molecule has 0 radical (unpaired) electrons. The lowest BCUT2D eigenvalue weighted by Gasteiger charge is -2.31. The highest BCUT2D eigenvalue weighted by Gasteiger charge is 2.29. The monoisotopic (exact) mass is 309 g/mol. The molecule has 0 spiro atoms. The molecule has 3 heterocycles. The average Bonchev–Trinajstić information content (AvgIpc) is 3.20. The molecule has 1 saturated heterocycles. The number of nitrogens with zero attached hydrogens (tertiary/aromatic N) is 3. The molecule has 1 amide bonds. The van der Waals surface area contributed by atoms with E-state index in [0.29, 0.717) is 19.8 Å². The zero-order chi connectivity index (χ0) is 14.5. The molecular weight excluding hydrogens is 294 g/mol. The van der Waals surface area contributed by atoms with Crippen LogP contribution in [0.5, 0.6) is 0 Å². The number of aromatic nitrogens is 4. The van der Waals surface area contributed by atoms with Crippen molar-refractivity contribution in [1.29, 1.82) is 0 Å². The summed E-state index contributed by atoms with van der Waals surface area (Å²) in [4.78, 5) is 20.0. The molecule has 0 bridgehead atoms. The summed E-state index contributed by atoms with van der Waals surface area (Å²) < 4.78 is 11.3. The van der Waals surface area contributed by atoms with Gasteiger partial charge < -0.3 is 14.8 Å². The van der Waals surface area contributed by atoms with Gasteiger partial charge in [-0.05, 0) is 6.42 Å². The molecule has 8 nitrogen and oxygen atoms in total. The van der Waals surface area contributed by atoms with E-state index in [9.17, 15) is 4.79 Å². The summed E-state index contributed by atoms with van der Waals surface area (Å²) in [5.74, 6) is -0.135. The lowest BCUT2D eigenvalue weighted by Crippen LogP contribution is -2.50. The van der Waals surface area contributed by atoms with Crippen molar-refractivity contribution in [3.63, 3.8) is 0 Å². The number of hydrogen-bond acceptors (Lipinski definition) is 7. The number of aromatic amines is 1. The number of carbonyl (C=O) groups is 1. The first-order valence-corrected chi connectivity index (χ1v) is 7.50. The fourth-order valence-electron chi connectivity index (χ4n) is 2.11. The second-order valence-corrected chi connectivity index (χ2v) is 5.33. The first-order valence-electron chi connectivity index (χ1n) is 6.55. The van der Waals surface area contributed by atoms with Crippen LogP contribution in [0.15, 0.2) is 17.2 Å². The molecule has 1 aliphatic heterocycles. The summed E-state index contributed by atoms with van der Waals surface area (Å²) in [6, 6.07) is -0.213. The Morgan fingerprint density at radius 2 is 2.52 bits per heavy atom. The third kappa shape index (κ3) is 3.63. The number of H-pyrrole nitrogens is 1. The van der Waals surface area contributed by atoms with Crippen LogP contribution >= 0.6 is 11.3 Å². The lowest BCUT2D eigenvalue weighted by molar-refractivity contribution is -0.0612. The Kier molecular flexibility index (Phi) is 4.53. The van der Waals surface area contributed by atoms with Gasteiger partial charge in [0.2, 0.25) is 5.82 Å². The van der Waals surface area contributed by atoms with Crippen LogP contribution in [-0.4, -0.2) is 51.4 Å². The lowest BCUT2D eigenvalue weighted by atomic mass is 10.1. The minimum absolute atomic E-state index is 0.104. The van der Waals surface area contributed by atoms with Crippen molar-refractivity contribution >= 4 is 17.2 Å². The van der Waals surface area contributed by atoms with Gasteiger partial charge >= 0.3 is 0 Å². The summed E-state index contributed by atoms with van der Waals surface area (Å²) in [7, 11) is 0. The third-order valence-corrected chi connectivity index (χ3v) is 3.80. The molecule has 112 valence electrons. The van der Waals surface area contributed by atoms with E-state index in [2.05, 4.69) is 25.5 Å². The van der Waals surface area contributed by atoms with Crippen molar-refractivity contribution in [1.82, 2.24) is 25.5 Å². The first kappa shape index (κ1) is 14.1. The highest BCUT2D eigenvalue weighted by Crippen LogP contribution is 2.15. The van der Waals surface area contributed by atoms with Gasteiger partial charge in [0.1, 0.15) is 6.33 Å². The van der Waals surface area contributed by atoms with Gasteiger partial charge in [-0.1, -0.05) is 0 Å². The van der Waals surface area contributed by atoms with Gasteiger partial charge in [0.05, 0.1) is 36.6 Å². The zero-order valence-electron chi connectivity index (χ0n) is 11.2. The molecular formula is C12H15N5O3S. The number of ether oxygens (including phenoxy) is 2. The molecule has 1 aliphatic rings. The molecule has 2 atom stereocenters. The van der Waals surface area contributed by atoms with E-state index in [1.165, 1.54) is 17.7 Å². The minimum atomic E-state index is -0.315. The molecule has 2 N–H and O–H groups in total. The summed E-state index contributed by atoms with van der Waals surface area (Å²) in [5, 5.41) is 11.0. The first-order chi connectivity index (χ1) is 10.3. The van der Waals surface area contributed by atoms with Crippen molar-refractivity contribution in [3.8, 4) is 0 Å². The van der Waals surface area contributed by atoms with Crippen molar-refractivity contribution in [2.24, 2.45) is 0 Å². The van der Waals surface area contributed by atoms with E-state index in [0.717, 1.165) is 12.1 Å². The Morgan fingerprint density at radius 3 is 3.29 bits per heavy atom. The largest absolute Gasteiger partial charge is 0.379 e. The summed E-state index contributed by atoms with van der Waals surface area (Å²) in [6.45, 7) is 1.47. The molecule has 21 heavy (non-hydrogen) atoms. The smallest absolute Gasteiger partial charge is 0.288 e. The van der Waals surface area contributed by atoms with Crippen LogP contribution < -0.4 is 5.32 Å². The van der Waals surface area contributed by atoms with Crippen molar-refractivity contribution < 1.29 is 14.3 Å². The fraction of sp³-hybridized carbons (Fsp3) is 0.500. The number of carbonyl (C=O) groups excluding carboxylic acids is 1. The van der Waals surface area contributed by atoms with Crippen LogP contribution in [0.1, 0.15) is 22.7 Å². The highest BCUT2D eigenvalue weighted by molar-refractivity contribution is 7.07. The molecule has 1 fully saturated rings. The second-order valence-electron chi connectivity index (χ2n) is 4.61. The maximum absolute atomic E-state index is 12.0. The topological polar surface area (TPSA) is 102 Å². The molecule has 0 aliphatic carbocycles. The van der Waals surface area contributed by atoms with Crippen molar-refractivity contribution in [3.05, 3.63) is 28.7 Å². The standard InChI is InChI=1S/C12H15N5O3S/c18-12(11-13-6-15-17-11)16-9-4-19-2-1-10(9)20-3-8-5-21-7-14-8/h5-7,9-10H,1-4H2,(H,16,18)(H,13,15,17)/t9-,10+/m1/s1. The van der Waals surface area contributed by atoms with E-state index >= 15 is 0 Å². The quantitative estimate of drug-likeness (QED) is 0.827. The molecule has 9 heteroatoms. The van der Waals surface area contributed by atoms with Gasteiger partial charge in [-0.15, -0.1) is 11.3 Å². The number of hydrogen-bond donors (Lipinski definition) is 2. The Hall–Kier alpha value is -1.84. The molecule has 2 aromatic heterocycles. The van der Waals surface area contributed by atoms with E-state index in [1.807, 2.05) is 5.38 Å². The Morgan fingerprint density at radius 1 is 1.57 bits per heavy atom. The van der Waals surface area contributed by atoms with Gasteiger partial charge in [0.25, 0.3) is 5.91 Å². The van der Waals surface area contributed by atoms with Gasteiger partial charge in [-0.25, -0.2) is 9.97 Å².